The third kappa shape index (κ3) is 5.76. The maximum absolute atomic E-state index is 12.9. The summed E-state index contributed by atoms with van der Waals surface area (Å²) < 4.78 is 22.4. The van der Waals surface area contributed by atoms with Crippen molar-refractivity contribution in [2.24, 2.45) is 5.92 Å². The largest absolute Gasteiger partial charge is 0.494 e. The van der Waals surface area contributed by atoms with E-state index in [1.165, 1.54) is 5.56 Å². The third-order valence-electron chi connectivity index (χ3n) is 6.96. The van der Waals surface area contributed by atoms with E-state index in [1.54, 1.807) is 0 Å². The van der Waals surface area contributed by atoms with Crippen LogP contribution in [0, 0.1) is 5.92 Å². The Balaban J connectivity index is 1.10. The first kappa shape index (κ1) is 24.0. The summed E-state index contributed by atoms with van der Waals surface area (Å²) in [7, 11) is 0. The van der Waals surface area contributed by atoms with Gasteiger partial charge in [-0.3, -0.25) is 4.79 Å². The van der Waals surface area contributed by atoms with E-state index in [1.807, 2.05) is 66.4 Å². The number of carbonyl (C=O) groups excluding carboxylic acids is 1. The van der Waals surface area contributed by atoms with Crippen molar-refractivity contribution in [2.45, 2.75) is 32.6 Å². The lowest BCUT2D eigenvalue weighted by molar-refractivity contribution is -0.134. The zero-order valence-corrected chi connectivity index (χ0v) is 20.8. The van der Waals surface area contributed by atoms with Crippen LogP contribution in [0.1, 0.15) is 31.7 Å². The van der Waals surface area contributed by atoms with Crippen molar-refractivity contribution in [1.29, 1.82) is 0 Å². The Morgan fingerprint density at radius 1 is 0.944 bits per heavy atom. The second-order valence-corrected chi connectivity index (χ2v) is 9.29. The van der Waals surface area contributed by atoms with Crippen LogP contribution >= 0.6 is 0 Å². The summed E-state index contributed by atoms with van der Waals surface area (Å²) in [4.78, 5) is 14.8. The fourth-order valence-electron chi connectivity index (χ4n) is 4.90. The van der Waals surface area contributed by atoms with Gasteiger partial charge in [-0.15, -0.1) is 0 Å². The Morgan fingerprint density at radius 2 is 1.72 bits per heavy atom. The van der Waals surface area contributed by atoms with Crippen molar-refractivity contribution in [3.05, 3.63) is 72.3 Å². The second-order valence-electron chi connectivity index (χ2n) is 9.29. The lowest BCUT2D eigenvalue weighted by Gasteiger charge is -2.32. The standard InChI is InChI=1S/C30H33NO5/c1-2-33-25-12-10-24(11-13-25)26-5-3-4-6-27(26)34-20-30(32)31-17-15-22(16-18-31)7-8-23-9-14-28-29(19-23)36-21-35-28/h3-6,9-14,19,22H,2,7-8,15-18,20-21H2,1H3. The highest BCUT2D eigenvalue weighted by Gasteiger charge is 2.23. The third-order valence-corrected chi connectivity index (χ3v) is 6.96. The molecule has 0 atom stereocenters. The molecule has 3 aromatic rings. The summed E-state index contributed by atoms with van der Waals surface area (Å²) in [6.07, 6.45) is 4.19. The number of hydrogen-bond donors (Lipinski definition) is 0. The number of benzene rings is 3. The maximum atomic E-state index is 12.9. The molecule has 0 radical (unpaired) electrons. The van der Waals surface area contributed by atoms with Gasteiger partial charge >= 0.3 is 0 Å². The molecule has 0 aromatic heterocycles. The summed E-state index contributed by atoms with van der Waals surface area (Å²) in [6.45, 7) is 4.54. The van der Waals surface area contributed by atoms with Crippen LogP contribution in [0.5, 0.6) is 23.0 Å². The van der Waals surface area contributed by atoms with E-state index in [4.69, 9.17) is 18.9 Å². The van der Waals surface area contributed by atoms with E-state index >= 15 is 0 Å². The molecule has 6 nitrogen and oxygen atoms in total. The van der Waals surface area contributed by atoms with Gasteiger partial charge in [-0.1, -0.05) is 36.4 Å². The van der Waals surface area contributed by atoms with Gasteiger partial charge in [0, 0.05) is 18.7 Å². The predicted molar refractivity (Wildman–Crippen MR) is 139 cm³/mol. The molecule has 0 spiro atoms. The zero-order chi connectivity index (χ0) is 24.7. The SMILES string of the molecule is CCOc1ccc(-c2ccccc2OCC(=O)N2CCC(CCc3ccc4c(c3)OCO4)CC2)cc1. The lowest BCUT2D eigenvalue weighted by Crippen LogP contribution is -2.41. The van der Waals surface area contributed by atoms with Crippen LogP contribution < -0.4 is 18.9 Å². The lowest BCUT2D eigenvalue weighted by atomic mass is 9.90. The molecule has 36 heavy (non-hydrogen) atoms. The molecule has 0 aliphatic carbocycles. The van der Waals surface area contributed by atoms with E-state index in [0.717, 1.165) is 67.1 Å². The van der Waals surface area contributed by atoms with Crippen LogP contribution in [0.4, 0.5) is 0 Å². The van der Waals surface area contributed by atoms with E-state index in [9.17, 15) is 4.79 Å². The fourth-order valence-corrected chi connectivity index (χ4v) is 4.90. The second kappa shape index (κ2) is 11.4. The Kier molecular flexibility index (Phi) is 7.60. The van der Waals surface area contributed by atoms with Crippen LogP contribution in [0.25, 0.3) is 11.1 Å². The molecule has 3 aromatic carbocycles. The molecular formula is C30H33NO5. The number of ether oxygens (including phenoxy) is 4. The van der Waals surface area contributed by atoms with Gasteiger partial charge < -0.3 is 23.8 Å². The van der Waals surface area contributed by atoms with Crippen LogP contribution in [0.3, 0.4) is 0 Å². The van der Waals surface area contributed by atoms with Gasteiger partial charge in [0.15, 0.2) is 18.1 Å². The summed E-state index contributed by atoms with van der Waals surface area (Å²) >= 11 is 0. The number of fused-ring (bicyclic) bond motifs is 1. The number of hydrogen-bond acceptors (Lipinski definition) is 5. The highest BCUT2D eigenvalue weighted by atomic mass is 16.7. The van der Waals surface area contributed by atoms with Gasteiger partial charge in [0.1, 0.15) is 11.5 Å². The topological polar surface area (TPSA) is 57.2 Å². The van der Waals surface area contributed by atoms with E-state index < -0.39 is 0 Å². The van der Waals surface area contributed by atoms with Gasteiger partial charge in [0.25, 0.3) is 5.91 Å². The number of aryl methyl sites for hydroxylation is 1. The van der Waals surface area contributed by atoms with Crippen LogP contribution in [0.15, 0.2) is 66.7 Å². The smallest absolute Gasteiger partial charge is 0.260 e. The number of piperidine rings is 1. The monoisotopic (exact) mass is 487 g/mol. The van der Waals surface area contributed by atoms with E-state index in [-0.39, 0.29) is 12.5 Å². The van der Waals surface area contributed by atoms with Gasteiger partial charge in [-0.2, -0.15) is 0 Å². The normalized spacial score (nSPS) is 15.1. The molecule has 2 aliphatic rings. The average molecular weight is 488 g/mol. The molecule has 2 heterocycles. The molecular weight excluding hydrogens is 454 g/mol. The van der Waals surface area contributed by atoms with Gasteiger partial charge in [-0.25, -0.2) is 0 Å². The molecule has 0 bridgehead atoms. The maximum Gasteiger partial charge on any atom is 0.260 e. The minimum Gasteiger partial charge on any atom is -0.494 e. The molecule has 1 saturated heterocycles. The molecule has 1 fully saturated rings. The first-order valence-corrected chi connectivity index (χ1v) is 12.8. The molecule has 0 saturated carbocycles. The Labute approximate surface area is 212 Å². The van der Waals surface area contributed by atoms with Gasteiger partial charge in [0.2, 0.25) is 6.79 Å². The minimum absolute atomic E-state index is 0.0470. The summed E-state index contributed by atoms with van der Waals surface area (Å²) in [5.41, 5.74) is 3.28. The minimum atomic E-state index is 0.0470. The number of rotatable bonds is 9. The molecule has 5 rings (SSSR count). The average Bonchev–Trinajstić information content (AvgIpc) is 3.40. The number of likely N-dealkylation sites (tertiary alicyclic amines) is 1. The molecule has 2 aliphatic heterocycles. The number of carbonyl (C=O) groups is 1. The zero-order valence-electron chi connectivity index (χ0n) is 20.8. The van der Waals surface area contributed by atoms with Crippen molar-refractivity contribution >= 4 is 5.91 Å². The van der Waals surface area contributed by atoms with Crippen molar-refractivity contribution in [2.75, 3.05) is 33.1 Å². The van der Waals surface area contributed by atoms with Gasteiger partial charge in [0.05, 0.1) is 6.61 Å². The highest BCUT2D eigenvalue weighted by Crippen LogP contribution is 2.34. The fraction of sp³-hybridized carbons (Fsp3) is 0.367. The van der Waals surface area contributed by atoms with E-state index in [2.05, 4.69) is 12.1 Å². The molecule has 0 N–H and O–H groups in total. The van der Waals surface area contributed by atoms with Crippen LogP contribution in [-0.2, 0) is 11.2 Å². The van der Waals surface area contributed by atoms with Crippen LogP contribution in [-0.4, -0.2) is 43.9 Å². The first-order chi connectivity index (χ1) is 17.7. The van der Waals surface area contributed by atoms with Crippen LogP contribution in [0.2, 0.25) is 0 Å². The first-order valence-electron chi connectivity index (χ1n) is 12.8. The summed E-state index contributed by atoms with van der Waals surface area (Å²) in [5.74, 6) is 3.90. The van der Waals surface area contributed by atoms with Crippen molar-refractivity contribution in [3.8, 4) is 34.1 Å². The quantitative estimate of drug-likeness (QED) is 0.386. The van der Waals surface area contributed by atoms with E-state index in [0.29, 0.717) is 25.1 Å². The highest BCUT2D eigenvalue weighted by molar-refractivity contribution is 5.78. The summed E-state index contributed by atoms with van der Waals surface area (Å²) in [5, 5.41) is 0. The summed E-state index contributed by atoms with van der Waals surface area (Å²) in [6, 6.07) is 22.0. The van der Waals surface area contributed by atoms with Gasteiger partial charge in [-0.05, 0) is 80.0 Å². The number of para-hydroxylation sites is 1. The number of nitrogens with zero attached hydrogens (tertiary/aromatic N) is 1. The Hall–Kier alpha value is -3.67. The molecule has 1 amide bonds. The molecule has 0 unspecified atom stereocenters. The Bertz CT molecular complexity index is 1170. The van der Waals surface area contributed by atoms with Crippen molar-refractivity contribution < 1.29 is 23.7 Å². The molecule has 188 valence electrons. The molecule has 6 heteroatoms. The number of amides is 1. The Morgan fingerprint density at radius 3 is 2.53 bits per heavy atom. The predicted octanol–water partition coefficient (Wildman–Crippen LogP) is 5.73. The van der Waals surface area contributed by atoms with Crippen molar-refractivity contribution in [3.63, 3.8) is 0 Å². The van der Waals surface area contributed by atoms with Crippen molar-refractivity contribution in [1.82, 2.24) is 4.90 Å².